The Morgan fingerprint density at radius 3 is 3.06 bits per heavy atom. The van der Waals surface area contributed by atoms with Crippen molar-refractivity contribution < 1.29 is 0 Å². The average molecular weight is 207 g/mol. The molecule has 0 heterocycles. The molecule has 1 heteroatoms. The van der Waals surface area contributed by atoms with Gasteiger partial charge in [0.15, 0.2) is 5.69 Å². The molecule has 0 aliphatic heterocycles. The molecule has 78 valence electrons. The van der Waals surface area contributed by atoms with Crippen molar-refractivity contribution in [3.05, 3.63) is 46.8 Å². The first kappa shape index (κ1) is 10.5. The largest absolute Gasteiger partial charge is 0.238 e. The zero-order chi connectivity index (χ0) is 11.5. The lowest BCUT2D eigenvalue weighted by Crippen LogP contribution is -2.05. The summed E-state index contributed by atoms with van der Waals surface area (Å²) in [5.74, 6) is 3.51. The Bertz CT molecular complexity index is 511. The van der Waals surface area contributed by atoms with Gasteiger partial charge in [0.2, 0.25) is 0 Å². The Morgan fingerprint density at radius 1 is 1.56 bits per heavy atom. The minimum absolute atomic E-state index is 0.368. The van der Waals surface area contributed by atoms with Gasteiger partial charge in [0.05, 0.1) is 6.57 Å². The predicted octanol–water partition coefficient (Wildman–Crippen LogP) is 4.01. The number of fused-ring (bicyclic) bond motifs is 1. The van der Waals surface area contributed by atoms with Crippen LogP contribution in [0.25, 0.3) is 10.9 Å². The number of rotatable bonds is 2. The third-order valence-electron chi connectivity index (χ3n) is 3.09. The van der Waals surface area contributed by atoms with Crippen LogP contribution in [0, 0.1) is 24.8 Å². The first-order chi connectivity index (χ1) is 7.76. The van der Waals surface area contributed by atoms with Crippen molar-refractivity contribution in [1.82, 2.24) is 0 Å². The molecule has 1 aromatic carbocycles. The van der Waals surface area contributed by atoms with E-state index in [1.165, 1.54) is 11.1 Å². The van der Waals surface area contributed by atoms with Gasteiger partial charge in [0.25, 0.3) is 0 Å². The minimum atomic E-state index is 0.368. The lowest BCUT2D eigenvalue weighted by Gasteiger charge is -2.17. The highest BCUT2D eigenvalue weighted by atomic mass is 14.6. The van der Waals surface area contributed by atoms with E-state index in [-0.39, 0.29) is 0 Å². The van der Waals surface area contributed by atoms with Gasteiger partial charge in [-0.3, -0.25) is 0 Å². The molecule has 0 amide bonds. The molecule has 0 spiro atoms. The van der Waals surface area contributed by atoms with Crippen LogP contribution in [0.1, 0.15) is 30.4 Å². The standard InChI is InChI=1S/C15H13N/c1-4-5-11(2)14-9-7-12-6-8-13(16-3)10-15(12)14/h1,6-11,14H,5H2,2H3. The molecule has 16 heavy (non-hydrogen) atoms. The van der Waals surface area contributed by atoms with Gasteiger partial charge in [-0.25, -0.2) is 4.85 Å². The van der Waals surface area contributed by atoms with Crippen LogP contribution < -0.4 is 0 Å². The second-order valence-corrected chi connectivity index (χ2v) is 4.20. The van der Waals surface area contributed by atoms with E-state index in [2.05, 4.69) is 29.8 Å². The molecule has 0 saturated carbocycles. The van der Waals surface area contributed by atoms with Crippen LogP contribution in [0.5, 0.6) is 0 Å². The third-order valence-corrected chi connectivity index (χ3v) is 3.09. The summed E-state index contributed by atoms with van der Waals surface area (Å²) in [7, 11) is 0. The zero-order valence-corrected chi connectivity index (χ0v) is 9.27. The van der Waals surface area contributed by atoms with E-state index in [9.17, 15) is 0 Å². The van der Waals surface area contributed by atoms with Gasteiger partial charge in [-0.05, 0) is 17.0 Å². The van der Waals surface area contributed by atoms with Crippen LogP contribution in [0.2, 0.25) is 0 Å². The second kappa shape index (κ2) is 4.25. The molecular formula is C15H13N. The topological polar surface area (TPSA) is 4.36 Å². The molecule has 1 aliphatic carbocycles. The fourth-order valence-corrected chi connectivity index (χ4v) is 2.19. The van der Waals surface area contributed by atoms with E-state index in [1.807, 2.05) is 18.2 Å². The number of terminal acetylenes is 1. The summed E-state index contributed by atoms with van der Waals surface area (Å²) in [5, 5.41) is 0. The number of hydrogen-bond donors (Lipinski definition) is 0. The lowest BCUT2D eigenvalue weighted by molar-refractivity contribution is 0.544. The fraction of sp³-hybridized carbons (Fsp3) is 0.267. The van der Waals surface area contributed by atoms with Gasteiger partial charge >= 0.3 is 0 Å². The summed E-state index contributed by atoms with van der Waals surface area (Å²) < 4.78 is 0. The zero-order valence-electron chi connectivity index (χ0n) is 9.27. The maximum Gasteiger partial charge on any atom is 0.187 e. The summed E-state index contributed by atoms with van der Waals surface area (Å²) in [4.78, 5) is 3.47. The van der Waals surface area contributed by atoms with Gasteiger partial charge in [-0.1, -0.05) is 37.3 Å². The molecule has 0 N–H and O–H groups in total. The van der Waals surface area contributed by atoms with E-state index in [1.54, 1.807) is 0 Å². The smallest absolute Gasteiger partial charge is 0.187 e. The monoisotopic (exact) mass is 207 g/mol. The maximum atomic E-state index is 7.03. The Kier molecular flexibility index (Phi) is 2.80. The third kappa shape index (κ3) is 1.73. The highest BCUT2D eigenvalue weighted by Gasteiger charge is 2.22. The van der Waals surface area contributed by atoms with Gasteiger partial charge in [-0.2, -0.15) is 0 Å². The van der Waals surface area contributed by atoms with E-state index >= 15 is 0 Å². The van der Waals surface area contributed by atoms with Crippen LogP contribution in [0.3, 0.4) is 0 Å². The molecule has 0 fully saturated rings. The SMILES string of the molecule is [C-]#[N+]c1ccc2c(c1)C(C(C)CC#C)C=C2. The molecule has 0 saturated heterocycles. The first-order valence-electron chi connectivity index (χ1n) is 5.39. The number of benzene rings is 1. The maximum absolute atomic E-state index is 7.03. The van der Waals surface area contributed by atoms with Crippen LogP contribution >= 0.6 is 0 Å². The Labute approximate surface area is 96.6 Å². The average Bonchev–Trinajstić information content (AvgIpc) is 2.71. The number of hydrogen-bond acceptors (Lipinski definition) is 0. The quantitative estimate of drug-likeness (QED) is 0.510. The normalized spacial score (nSPS) is 18.6. The minimum Gasteiger partial charge on any atom is -0.238 e. The lowest BCUT2D eigenvalue weighted by atomic mass is 9.87. The summed E-state index contributed by atoms with van der Waals surface area (Å²) in [6.07, 6.45) is 10.4. The van der Waals surface area contributed by atoms with Crippen molar-refractivity contribution in [3.8, 4) is 12.3 Å². The van der Waals surface area contributed by atoms with Crippen molar-refractivity contribution in [3.63, 3.8) is 0 Å². The molecule has 1 aliphatic rings. The van der Waals surface area contributed by atoms with E-state index in [0.717, 1.165) is 6.42 Å². The first-order valence-corrected chi connectivity index (χ1v) is 5.39. The van der Waals surface area contributed by atoms with E-state index in [4.69, 9.17) is 13.0 Å². The van der Waals surface area contributed by atoms with Gasteiger partial charge in [0, 0.05) is 12.3 Å². The predicted molar refractivity (Wildman–Crippen MR) is 67.1 cm³/mol. The van der Waals surface area contributed by atoms with E-state index < -0.39 is 0 Å². The molecule has 1 nitrogen and oxygen atoms in total. The van der Waals surface area contributed by atoms with Gasteiger partial charge < -0.3 is 0 Å². The molecule has 0 radical (unpaired) electrons. The van der Waals surface area contributed by atoms with Gasteiger partial charge in [0.1, 0.15) is 0 Å². The molecule has 2 unspecified atom stereocenters. The number of nitrogens with zero attached hydrogens (tertiary/aromatic N) is 1. The van der Waals surface area contributed by atoms with Crippen molar-refractivity contribution in [2.24, 2.45) is 5.92 Å². The molecule has 0 bridgehead atoms. The summed E-state index contributed by atoms with van der Waals surface area (Å²) in [6.45, 7) is 9.19. The highest BCUT2D eigenvalue weighted by Crippen LogP contribution is 2.38. The van der Waals surface area contributed by atoms with Gasteiger partial charge in [-0.15, -0.1) is 12.3 Å². The van der Waals surface area contributed by atoms with Crippen molar-refractivity contribution in [2.45, 2.75) is 19.3 Å². The van der Waals surface area contributed by atoms with Crippen LogP contribution in [0.4, 0.5) is 5.69 Å². The summed E-state index contributed by atoms with van der Waals surface area (Å²) in [5.41, 5.74) is 3.18. The Hall–Kier alpha value is -1.99. The van der Waals surface area contributed by atoms with E-state index in [0.29, 0.717) is 17.5 Å². The molecule has 2 rings (SSSR count). The van der Waals surface area contributed by atoms with Crippen molar-refractivity contribution in [1.29, 1.82) is 0 Å². The fourth-order valence-electron chi connectivity index (χ4n) is 2.19. The second-order valence-electron chi connectivity index (χ2n) is 4.20. The summed E-state index contributed by atoms with van der Waals surface area (Å²) >= 11 is 0. The number of allylic oxidation sites excluding steroid dienone is 1. The van der Waals surface area contributed by atoms with Crippen LogP contribution in [0.15, 0.2) is 24.3 Å². The molecule has 2 atom stereocenters. The Morgan fingerprint density at radius 2 is 2.38 bits per heavy atom. The highest BCUT2D eigenvalue weighted by molar-refractivity contribution is 5.66. The van der Waals surface area contributed by atoms with Crippen LogP contribution in [-0.4, -0.2) is 0 Å². The molecular weight excluding hydrogens is 194 g/mol. The van der Waals surface area contributed by atoms with Crippen molar-refractivity contribution >= 4 is 11.8 Å². The van der Waals surface area contributed by atoms with Crippen LogP contribution in [-0.2, 0) is 0 Å². The summed E-state index contributed by atoms with van der Waals surface area (Å²) in [6, 6.07) is 5.87. The molecule has 0 aromatic heterocycles. The van der Waals surface area contributed by atoms with Crippen molar-refractivity contribution in [2.75, 3.05) is 0 Å². The molecule has 1 aromatic rings. The Balaban J connectivity index is 2.35.